The summed E-state index contributed by atoms with van der Waals surface area (Å²) in [5, 5.41) is 0.635. The van der Waals surface area contributed by atoms with Crippen LogP contribution < -0.4 is 10.6 Å². The van der Waals surface area contributed by atoms with Crippen molar-refractivity contribution in [3.63, 3.8) is 0 Å². The van der Waals surface area contributed by atoms with Gasteiger partial charge in [-0.1, -0.05) is 35.5 Å². The highest BCUT2D eigenvalue weighted by Crippen LogP contribution is 2.48. The Labute approximate surface area is 126 Å². The van der Waals surface area contributed by atoms with Crippen LogP contribution in [0.4, 0.5) is 11.4 Å². The average Bonchev–Trinajstić information content (AvgIpc) is 2.45. The Balaban J connectivity index is 2.16. The topological polar surface area (TPSA) is 48.0 Å². The molecule has 1 heterocycles. The number of carbonyl (C=O) groups excluding carboxylic acids is 1. The number of halogens is 1. The second-order valence-electron chi connectivity index (χ2n) is 4.51. The second kappa shape index (κ2) is 5.48. The first kappa shape index (κ1) is 13.5. The lowest BCUT2D eigenvalue weighted by Crippen LogP contribution is -2.52. The molecule has 0 bridgehead atoms. The van der Waals surface area contributed by atoms with E-state index in [0.29, 0.717) is 18.0 Å². The first-order chi connectivity index (χ1) is 9.70. The van der Waals surface area contributed by atoms with E-state index in [4.69, 9.17) is 11.6 Å². The molecule has 0 unspecified atom stereocenters. The number of carbonyl (C=O) groups is 1. The number of quaternary nitrogens is 1. The summed E-state index contributed by atoms with van der Waals surface area (Å²) in [4.78, 5) is 16.4. The van der Waals surface area contributed by atoms with Crippen LogP contribution in [-0.2, 0) is 4.79 Å². The van der Waals surface area contributed by atoms with E-state index in [0.717, 1.165) is 21.2 Å². The predicted octanol–water partition coefficient (Wildman–Crippen LogP) is 3.10. The Morgan fingerprint density at radius 1 is 1.15 bits per heavy atom. The van der Waals surface area contributed by atoms with Gasteiger partial charge in [0.15, 0.2) is 0 Å². The third kappa shape index (κ3) is 2.30. The average molecular weight is 306 g/mol. The normalized spacial score (nSPS) is 12.8. The summed E-state index contributed by atoms with van der Waals surface area (Å²) in [5.74, 6) is 0.0521. The minimum Gasteiger partial charge on any atom is -0.357 e. The van der Waals surface area contributed by atoms with E-state index in [1.807, 2.05) is 42.5 Å². The lowest BCUT2D eigenvalue weighted by molar-refractivity contribution is -0.366. The van der Waals surface area contributed by atoms with Crippen LogP contribution in [0.5, 0.6) is 0 Å². The third-order valence-electron chi connectivity index (χ3n) is 3.13. The van der Waals surface area contributed by atoms with E-state index in [1.54, 1.807) is 16.7 Å². The number of amides is 1. The number of rotatable bonds is 2. The largest absolute Gasteiger partial charge is 0.357 e. The lowest BCUT2D eigenvalue weighted by atomic mass is 10.2. The molecule has 0 saturated carbocycles. The summed E-state index contributed by atoms with van der Waals surface area (Å²) in [6, 6.07) is 13.6. The van der Waals surface area contributed by atoms with E-state index in [2.05, 4.69) is 5.73 Å². The smallest absolute Gasteiger partial charge is 0.237 e. The summed E-state index contributed by atoms with van der Waals surface area (Å²) >= 11 is 7.75. The molecule has 0 atom stereocenters. The summed E-state index contributed by atoms with van der Waals surface area (Å²) < 4.78 is 0. The van der Waals surface area contributed by atoms with Crippen molar-refractivity contribution in [2.45, 2.75) is 16.2 Å². The lowest BCUT2D eigenvalue weighted by Gasteiger charge is -2.31. The minimum atomic E-state index is 0.0521. The number of hydrogen-bond donors (Lipinski definition) is 1. The van der Waals surface area contributed by atoms with Crippen LogP contribution in [0.3, 0.4) is 0 Å². The molecular formula is C15H14ClN2OS+. The molecule has 0 aliphatic carbocycles. The number of hydrogen-bond acceptors (Lipinski definition) is 2. The Morgan fingerprint density at radius 2 is 1.90 bits per heavy atom. The number of nitrogens with zero attached hydrogens (tertiary/aromatic N) is 1. The number of benzene rings is 2. The standard InChI is InChI=1S/C15H13ClN2OS/c16-10-5-6-14-12(9-10)18(15(19)7-8-17)11-3-1-2-4-13(11)20-14/h1-6,9H,7-8,17H2/p+1. The molecule has 1 amide bonds. The molecule has 0 radical (unpaired) electrons. The first-order valence-electron chi connectivity index (χ1n) is 6.39. The molecule has 2 aromatic rings. The molecule has 1 aliphatic heterocycles. The molecule has 20 heavy (non-hydrogen) atoms. The van der Waals surface area contributed by atoms with Crippen LogP contribution in [0.1, 0.15) is 6.42 Å². The van der Waals surface area contributed by atoms with Gasteiger partial charge in [0, 0.05) is 14.8 Å². The minimum absolute atomic E-state index is 0.0521. The summed E-state index contributed by atoms with van der Waals surface area (Å²) in [5.41, 5.74) is 5.55. The molecule has 5 heteroatoms. The number of para-hydroxylation sites is 1. The van der Waals surface area contributed by atoms with E-state index in [1.165, 1.54) is 0 Å². The van der Waals surface area contributed by atoms with Crippen molar-refractivity contribution in [1.29, 1.82) is 0 Å². The van der Waals surface area contributed by atoms with Crippen LogP contribution in [0.2, 0.25) is 5.02 Å². The van der Waals surface area contributed by atoms with Crippen LogP contribution in [0.25, 0.3) is 0 Å². The van der Waals surface area contributed by atoms with Gasteiger partial charge in [-0.15, -0.1) is 0 Å². The van der Waals surface area contributed by atoms with Crippen LogP contribution in [-0.4, -0.2) is 12.5 Å². The fourth-order valence-corrected chi connectivity index (χ4v) is 3.46. The van der Waals surface area contributed by atoms with E-state index < -0.39 is 0 Å². The maximum atomic E-state index is 12.5. The summed E-state index contributed by atoms with van der Waals surface area (Å²) in [6.45, 7) is 0.584. The van der Waals surface area contributed by atoms with Crippen molar-refractivity contribution in [3.05, 3.63) is 47.5 Å². The highest BCUT2D eigenvalue weighted by Gasteiger charge is 2.27. The molecule has 0 aromatic heterocycles. The zero-order valence-electron chi connectivity index (χ0n) is 10.8. The maximum absolute atomic E-state index is 12.5. The van der Waals surface area contributed by atoms with Crippen molar-refractivity contribution in [2.75, 3.05) is 11.4 Å². The van der Waals surface area contributed by atoms with Gasteiger partial charge in [-0.3, -0.25) is 9.69 Å². The van der Waals surface area contributed by atoms with Gasteiger partial charge in [-0.2, -0.15) is 0 Å². The highest BCUT2D eigenvalue weighted by molar-refractivity contribution is 7.99. The molecule has 2 aromatic carbocycles. The fraction of sp³-hybridized carbons (Fsp3) is 0.133. The zero-order valence-corrected chi connectivity index (χ0v) is 12.4. The molecule has 3 nitrogen and oxygen atoms in total. The molecule has 0 fully saturated rings. The summed E-state index contributed by atoms with van der Waals surface area (Å²) in [7, 11) is 0. The van der Waals surface area contributed by atoms with E-state index >= 15 is 0 Å². The van der Waals surface area contributed by atoms with E-state index in [9.17, 15) is 4.79 Å². The van der Waals surface area contributed by atoms with E-state index in [-0.39, 0.29) is 5.91 Å². The van der Waals surface area contributed by atoms with Gasteiger partial charge < -0.3 is 5.73 Å². The number of fused-ring (bicyclic) bond motifs is 2. The zero-order chi connectivity index (χ0) is 14.1. The quantitative estimate of drug-likeness (QED) is 0.927. The molecule has 3 N–H and O–H groups in total. The van der Waals surface area contributed by atoms with Gasteiger partial charge in [0.25, 0.3) is 0 Å². The Bertz CT molecular complexity index is 675. The SMILES string of the molecule is [NH3+]CCC(=O)N1c2ccccc2Sc2ccc(Cl)cc21. The predicted molar refractivity (Wildman–Crippen MR) is 81.5 cm³/mol. The molecule has 1 aliphatic rings. The second-order valence-corrected chi connectivity index (χ2v) is 6.03. The molecular weight excluding hydrogens is 292 g/mol. The van der Waals surface area contributed by atoms with Crippen molar-refractivity contribution in [1.82, 2.24) is 0 Å². The first-order valence-corrected chi connectivity index (χ1v) is 7.59. The Hall–Kier alpha value is -1.49. The fourth-order valence-electron chi connectivity index (χ4n) is 2.26. The van der Waals surface area contributed by atoms with Crippen molar-refractivity contribution in [2.24, 2.45) is 0 Å². The van der Waals surface area contributed by atoms with Crippen LogP contribution in [0.15, 0.2) is 52.3 Å². The van der Waals surface area contributed by atoms with Gasteiger partial charge in [0.2, 0.25) is 5.91 Å². The Morgan fingerprint density at radius 3 is 2.70 bits per heavy atom. The number of anilines is 2. The monoisotopic (exact) mass is 305 g/mol. The molecule has 0 spiro atoms. The third-order valence-corrected chi connectivity index (χ3v) is 4.49. The molecule has 0 saturated heterocycles. The van der Waals surface area contributed by atoms with Gasteiger partial charge in [0.1, 0.15) is 0 Å². The Kier molecular flexibility index (Phi) is 3.70. The van der Waals surface area contributed by atoms with Crippen molar-refractivity contribution in [3.8, 4) is 0 Å². The molecule has 3 rings (SSSR count). The highest BCUT2D eigenvalue weighted by atomic mass is 35.5. The van der Waals surface area contributed by atoms with Crippen LogP contribution >= 0.6 is 23.4 Å². The van der Waals surface area contributed by atoms with Gasteiger partial charge in [-0.05, 0) is 30.3 Å². The van der Waals surface area contributed by atoms with Crippen molar-refractivity contribution >= 4 is 40.6 Å². The van der Waals surface area contributed by atoms with Crippen LogP contribution in [0, 0.1) is 0 Å². The van der Waals surface area contributed by atoms with Gasteiger partial charge in [-0.25, -0.2) is 0 Å². The van der Waals surface area contributed by atoms with Gasteiger partial charge in [0.05, 0.1) is 24.3 Å². The van der Waals surface area contributed by atoms with Crippen molar-refractivity contribution < 1.29 is 10.5 Å². The maximum Gasteiger partial charge on any atom is 0.237 e. The van der Waals surface area contributed by atoms with Gasteiger partial charge >= 0.3 is 0 Å². The summed E-state index contributed by atoms with van der Waals surface area (Å²) in [6.07, 6.45) is 0.422. The molecule has 102 valence electrons.